The zero-order chi connectivity index (χ0) is 8.91. The fourth-order valence-corrected chi connectivity index (χ4v) is 0.364. The summed E-state index contributed by atoms with van der Waals surface area (Å²) in [5.74, 6) is -1.48. The molecule has 0 amide bonds. The van der Waals surface area contributed by atoms with Crippen LogP contribution in [0.2, 0.25) is 0 Å². The quantitative estimate of drug-likeness (QED) is 0.379. The van der Waals surface area contributed by atoms with E-state index in [0.717, 1.165) is 6.26 Å². The molecule has 0 bridgehead atoms. The van der Waals surface area contributed by atoms with Crippen molar-refractivity contribution in [1.82, 2.24) is 0 Å². The first-order valence-electron chi connectivity index (χ1n) is 2.87. The van der Waals surface area contributed by atoms with Crippen molar-refractivity contribution >= 4 is 17.4 Å². The summed E-state index contributed by atoms with van der Waals surface area (Å²) in [4.78, 5) is 10.3. The second-order valence-corrected chi connectivity index (χ2v) is 2.09. The van der Waals surface area contributed by atoms with Crippen molar-refractivity contribution in [2.75, 3.05) is 6.61 Å². The maximum atomic E-state index is 11.9. The van der Waals surface area contributed by atoms with Gasteiger partial charge in [0.05, 0.1) is 12.9 Å². The van der Waals surface area contributed by atoms with Crippen molar-refractivity contribution in [3.8, 4) is 0 Å². The Morgan fingerprint density at radius 2 is 2.27 bits per heavy atom. The highest BCUT2D eigenvalue weighted by Gasteiger charge is 2.33. The molecular formula is C6H7ClF2O2. The van der Waals surface area contributed by atoms with Gasteiger partial charge in [-0.05, 0) is 18.5 Å². The molecule has 0 rings (SSSR count). The van der Waals surface area contributed by atoms with E-state index in [9.17, 15) is 13.6 Å². The fraction of sp³-hybridized carbons (Fsp3) is 0.500. The van der Waals surface area contributed by atoms with Crippen LogP contribution in [0.4, 0.5) is 8.78 Å². The fourth-order valence-electron chi connectivity index (χ4n) is 0.301. The standard InChI is InChI=1S/C6H7ClF2O2/c1-2-11-4-3-5(10)6(7,8)9/h3-4H,2H2,1H3. The van der Waals surface area contributed by atoms with E-state index in [-0.39, 0.29) is 0 Å². The average molecular weight is 185 g/mol. The second kappa shape index (κ2) is 4.28. The molecule has 0 saturated heterocycles. The minimum absolute atomic E-state index is 0.317. The molecule has 0 aromatic heterocycles. The van der Waals surface area contributed by atoms with E-state index >= 15 is 0 Å². The van der Waals surface area contributed by atoms with E-state index in [1.54, 1.807) is 6.92 Å². The number of carbonyl (C=O) groups excluding carboxylic acids is 1. The summed E-state index contributed by atoms with van der Waals surface area (Å²) in [6, 6.07) is 0. The molecule has 0 aromatic rings. The van der Waals surface area contributed by atoms with Crippen LogP contribution in [0.3, 0.4) is 0 Å². The lowest BCUT2D eigenvalue weighted by Crippen LogP contribution is -2.18. The molecular weight excluding hydrogens is 178 g/mol. The first kappa shape index (κ1) is 10.4. The number of halogens is 3. The smallest absolute Gasteiger partial charge is 0.384 e. The largest absolute Gasteiger partial charge is 0.501 e. The Bertz CT molecular complexity index is 162. The van der Waals surface area contributed by atoms with Gasteiger partial charge in [-0.15, -0.1) is 0 Å². The minimum Gasteiger partial charge on any atom is -0.501 e. The first-order chi connectivity index (χ1) is 4.98. The number of ketones is 1. The highest BCUT2D eigenvalue weighted by Crippen LogP contribution is 2.19. The molecule has 0 aliphatic heterocycles. The van der Waals surface area contributed by atoms with Gasteiger partial charge in [-0.1, -0.05) is 0 Å². The second-order valence-electron chi connectivity index (χ2n) is 1.62. The number of rotatable bonds is 4. The van der Waals surface area contributed by atoms with E-state index in [4.69, 9.17) is 0 Å². The van der Waals surface area contributed by atoms with Crippen molar-refractivity contribution < 1.29 is 18.3 Å². The van der Waals surface area contributed by atoms with Gasteiger partial charge in [0.1, 0.15) is 0 Å². The van der Waals surface area contributed by atoms with Crippen LogP contribution in [-0.2, 0) is 9.53 Å². The molecule has 64 valence electrons. The maximum Gasteiger partial charge on any atom is 0.384 e. The number of hydrogen-bond donors (Lipinski definition) is 0. The summed E-state index contributed by atoms with van der Waals surface area (Å²) in [5, 5.41) is -3.83. The minimum atomic E-state index is -3.83. The van der Waals surface area contributed by atoms with Crippen LogP contribution in [0.25, 0.3) is 0 Å². The molecule has 11 heavy (non-hydrogen) atoms. The van der Waals surface area contributed by atoms with Gasteiger partial charge < -0.3 is 4.74 Å². The number of ether oxygens (including phenoxy) is 1. The molecule has 0 aliphatic rings. The van der Waals surface area contributed by atoms with Crippen LogP contribution in [0, 0.1) is 0 Å². The van der Waals surface area contributed by atoms with Gasteiger partial charge in [-0.3, -0.25) is 4.79 Å². The Kier molecular flexibility index (Phi) is 4.03. The molecule has 5 heteroatoms. The van der Waals surface area contributed by atoms with Crippen LogP contribution >= 0.6 is 11.6 Å². The third kappa shape index (κ3) is 4.72. The maximum absolute atomic E-state index is 11.9. The lowest BCUT2D eigenvalue weighted by Gasteiger charge is -2.00. The van der Waals surface area contributed by atoms with Gasteiger partial charge in [0.2, 0.25) is 5.78 Å². The van der Waals surface area contributed by atoms with Gasteiger partial charge in [-0.2, -0.15) is 8.78 Å². The van der Waals surface area contributed by atoms with Gasteiger partial charge in [0.25, 0.3) is 0 Å². The summed E-state index contributed by atoms with van der Waals surface area (Å²) < 4.78 is 28.2. The molecule has 0 N–H and O–H groups in total. The van der Waals surface area contributed by atoms with Crippen LogP contribution in [0.15, 0.2) is 12.3 Å². The number of allylic oxidation sites excluding steroid dienone is 1. The lowest BCUT2D eigenvalue weighted by molar-refractivity contribution is -0.128. The normalized spacial score (nSPS) is 12.0. The van der Waals surface area contributed by atoms with Crippen molar-refractivity contribution in [3.05, 3.63) is 12.3 Å². The Morgan fingerprint density at radius 1 is 1.73 bits per heavy atom. The third-order valence-electron chi connectivity index (χ3n) is 0.762. The molecule has 0 unspecified atom stereocenters. The average Bonchev–Trinajstić information content (AvgIpc) is 1.86. The van der Waals surface area contributed by atoms with Crippen molar-refractivity contribution in [2.45, 2.75) is 12.3 Å². The Balaban J connectivity index is 3.88. The van der Waals surface area contributed by atoms with Crippen LogP contribution in [0.1, 0.15) is 6.92 Å². The molecule has 2 nitrogen and oxygen atoms in total. The molecule has 0 heterocycles. The Morgan fingerprint density at radius 3 is 2.64 bits per heavy atom. The SMILES string of the molecule is CCOC=CC(=O)C(F)(F)Cl. The molecule has 0 atom stereocenters. The van der Waals surface area contributed by atoms with Crippen LogP contribution < -0.4 is 0 Å². The zero-order valence-corrected chi connectivity index (χ0v) is 6.57. The summed E-state index contributed by atoms with van der Waals surface area (Å²) in [5.41, 5.74) is 0. The topological polar surface area (TPSA) is 26.3 Å². The van der Waals surface area contributed by atoms with E-state index in [0.29, 0.717) is 12.7 Å². The number of carbonyl (C=O) groups is 1. The van der Waals surface area contributed by atoms with Gasteiger partial charge in [0, 0.05) is 6.08 Å². The van der Waals surface area contributed by atoms with Crippen molar-refractivity contribution in [3.63, 3.8) is 0 Å². The van der Waals surface area contributed by atoms with Gasteiger partial charge >= 0.3 is 5.38 Å². The van der Waals surface area contributed by atoms with Gasteiger partial charge in [-0.25, -0.2) is 0 Å². The lowest BCUT2D eigenvalue weighted by atomic mass is 10.4. The van der Waals surface area contributed by atoms with E-state index < -0.39 is 11.2 Å². The van der Waals surface area contributed by atoms with Crippen molar-refractivity contribution in [1.29, 1.82) is 0 Å². The molecule has 0 aromatic carbocycles. The summed E-state index contributed by atoms with van der Waals surface area (Å²) in [6.07, 6.45) is 1.48. The van der Waals surface area contributed by atoms with Crippen LogP contribution in [0.5, 0.6) is 0 Å². The molecule has 0 fully saturated rings. The summed E-state index contributed by atoms with van der Waals surface area (Å²) in [7, 11) is 0. The number of alkyl halides is 3. The third-order valence-corrected chi connectivity index (χ3v) is 0.948. The molecule has 0 spiro atoms. The predicted molar refractivity (Wildman–Crippen MR) is 36.6 cm³/mol. The van der Waals surface area contributed by atoms with Gasteiger partial charge in [0.15, 0.2) is 0 Å². The van der Waals surface area contributed by atoms with E-state index in [1.165, 1.54) is 0 Å². The molecule has 0 aliphatic carbocycles. The highest BCUT2D eigenvalue weighted by molar-refractivity contribution is 6.34. The summed E-state index contributed by atoms with van der Waals surface area (Å²) in [6.45, 7) is 1.98. The number of hydrogen-bond acceptors (Lipinski definition) is 2. The van der Waals surface area contributed by atoms with Crippen molar-refractivity contribution in [2.24, 2.45) is 0 Å². The summed E-state index contributed by atoms with van der Waals surface area (Å²) >= 11 is 4.37. The Hall–Kier alpha value is -0.640. The zero-order valence-electron chi connectivity index (χ0n) is 5.81. The molecule has 0 radical (unpaired) electrons. The van der Waals surface area contributed by atoms with E-state index in [1.807, 2.05) is 0 Å². The van der Waals surface area contributed by atoms with Crippen LogP contribution in [-0.4, -0.2) is 17.8 Å². The predicted octanol–water partition coefficient (Wildman–Crippen LogP) is 1.94. The highest BCUT2D eigenvalue weighted by atomic mass is 35.5. The monoisotopic (exact) mass is 184 g/mol. The molecule has 0 saturated carbocycles. The van der Waals surface area contributed by atoms with E-state index in [2.05, 4.69) is 16.3 Å². The Labute approximate surface area is 67.8 Å². The first-order valence-corrected chi connectivity index (χ1v) is 3.25.